The van der Waals surface area contributed by atoms with Crippen molar-refractivity contribution in [2.75, 3.05) is 19.8 Å². The van der Waals surface area contributed by atoms with Gasteiger partial charge in [0, 0.05) is 19.1 Å². The Morgan fingerprint density at radius 1 is 1.10 bits per heavy atom. The molecule has 2 fully saturated rings. The van der Waals surface area contributed by atoms with Gasteiger partial charge in [-0.05, 0) is 45.6 Å². The predicted octanol–water partition coefficient (Wildman–Crippen LogP) is 0.943. The van der Waals surface area contributed by atoms with E-state index in [9.17, 15) is 13.2 Å². The van der Waals surface area contributed by atoms with Crippen LogP contribution in [0.2, 0.25) is 0 Å². The van der Waals surface area contributed by atoms with E-state index >= 15 is 0 Å². The maximum absolute atomic E-state index is 12.5. The fourth-order valence-corrected chi connectivity index (χ4v) is 5.28. The normalized spacial score (nSPS) is 33.6. The molecule has 1 saturated heterocycles. The summed E-state index contributed by atoms with van der Waals surface area (Å²) in [6, 6.07) is 0.734. The first kappa shape index (κ1) is 15.8. The van der Waals surface area contributed by atoms with Gasteiger partial charge in [0.15, 0.2) is 9.84 Å². The highest BCUT2D eigenvalue weighted by atomic mass is 32.2. The Morgan fingerprint density at radius 2 is 1.75 bits per heavy atom. The summed E-state index contributed by atoms with van der Waals surface area (Å²) in [7, 11) is 0.516. The van der Waals surface area contributed by atoms with Crippen molar-refractivity contribution >= 4 is 15.7 Å². The smallest absolute Gasteiger partial charge is 0.240 e. The number of amides is 1. The molecule has 1 heterocycles. The molecule has 0 aromatic carbocycles. The number of nitrogens with zero attached hydrogens (tertiary/aromatic N) is 1. The summed E-state index contributed by atoms with van der Waals surface area (Å²) in [6.07, 6.45) is 6.06. The zero-order valence-corrected chi connectivity index (χ0v) is 13.3. The van der Waals surface area contributed by atoms with Crippen molar-refractivity contribution in [3.05, 3.63) is 0 Å². The molecule has 1 aliphatic heterocycles. The molecule has 0 radical (unpaired) electrons. The SMILES string of the molecule is CNC1CCC(N(C)C(=O)C2CCCCS2(=O)=O)CC1. The second-order valence-electron chi connectivity index (χ2n) is 6.09. The topological polar surface area (TPSA) is 66.5 Å². The summed E-state index contributed by atoms with van der Waals surface area (Å²) in [4.78, 5) is 14.2. The minimum atomic E-state index is -3.23. The first-order chi connectivity index (χ1) is 9.45. The van der Waals surface area contributed by atoms with Crippen molar-refractivity contribution in [1.29, 1.82) is 0 Å². The molecule has 20 heavy (non-hydrogen) atoms. The molecule has 1 amide bonds. The second-order valence-corrected chi connectivity index (χ2v) is 8.40. The van der Waals surface area contributed by atoms with Crippen molar-refractivity contribution in [3.63, 3.8) is 0 Å². The number of sulfone groups is 1. The van der Waals surface area contributed by atoms with E-state index in [0.29, 0.717) is 18.9 Å². The van der Waals surface area contributed by atoms with Crippen molar-refractivity contribution in [1.82, 2.24) is 10.2 Å². The molecule has 5 nitrogen and oxygen atoms in total. The average molecular weight is 302 g/mol. The fourth-order valence-electron chi connectivity index (χ4n) is 3.39. The standard InChI is InChI=1S/C14H26N2O3S/c1-15-11-6-8-12(9-7-11)16(2)14(17)13-5-3-4-10-20(13,18)19/h11-13,15H,3-10H2,1-2H3. The van der Waals surface area contributed by atoms with Crippen LogP contribution in [-0.4, -0.2) is 56.4 Å². The van der Waals surface area contributed by atoms with Gasteiger partial charge in [-0.15, -0.1) is 0 Å². The lowest BCUT2D eigenvalue weighted by Crippen LogP contribution is -2.49. The number of hydrogen-bond donors (Lipinski definition) is 1. The van der Waals surface area contributed by atoms with Gasteiger partial charge in [-0.3, -0.25) is 4.79 Å². The van der Waals surface area contributed by atoms with E-state index in [4.69, 9.17) is 0 Å². The van der Waals surface area contributed by atoms with E-state index in [-0.39, 0.29) is 17.7 Å². The molecule has 0 aromatic heterocycles. The molecule has 1 saturated carbocycles. The Kier molecular flexibility index (Phi) is 5.07. The number of rotatable bonds is 3. The van der Waals surface area contributed by atoms with Gasteiger partial charge in [-0.25, -0.2) is 8.42 Å². The van der Waals surface area contributed by atoms with Gasteiger partial charge in [-0.2, -0.15) is 0 Å². The van der Waals surface area contributed by atoms with Gasteiger partial charge in [0.1, 0.15) is 5.25 Å². The zero-order valence-electron chi connectivity index (χ0n) is 12.5. The van der Waals surface area contributed by atoms with Crippen LogP contribution in [0.3, 0.4) is 0 Å². The molecular formula is C14H26N2O3S. The van der Waals surface area contributed by atoms with Crippen LogP contribution < -0.4 is 5.32 Å². The van der Waals surface area contributed by atoms with E-state index < -0.39 is 15.1 Å². The maximum Gasteiger partial charge on any atom is 0.240 e. The third-order valence-corrected chi connectivity index (χ3v) is 7.02. The molecule has 0 aromatic rings. The lowest BCUT2D eigenvalue weighted by molar-refractivity contribution is -0.132. The molecule has 2 rings (SSSR count). The Hall–Kier alpha value is -0.620. The zero-order chi connectivity index (χ0) is 14.8. The highest BCUT2D eigenvalue weighted by Crippen LogP contribution is 2.26. The van der Waals surface area contributed by atoms with Crippen LogP contribution in [-0.2, 0) is 14.6 Å². The Morgan fingerprint density at radius 3 is 2.30 bits per heavy atom. The van der Waals surface area contributed by atoms with Gasteiger partial charge in [0.25, 0.3) is 0 Å². The van der Waals surface area contributed by atoms with Crippen LogP contribution in [0.4, 0.5) is 0 Å². The number of carbonyl (C=O) groups excluding carboxylic acids is 1. The Balaban J connectivity index is 1.98. The third-order valence-electron chi connectivity index (χ3n) is 4.85. The minimum absolute atomic E-state index is 0.170. The highest BCUT2D eigenvalue weighted by Gasteiger charge is 2.38. The molecule has 0 spiro atoms. The Labute approximate surface area is 122 Å². The first-order valence-corrected chi connectivity index (χ1v) is 9.32. The van der Waals surface area contributed by atoms with Crippen LogP contribution in [0.25, 0.3) is 0 Å². The molecule has 1 atom stereocenters. The van der Waals surface area contributed by atoms with E-state index in [1.807, 2.05) is 7.05 Å². The van der Waals surface area contributed by atoms with E-state index in [1.54, 1.807) is 11.9 Å². The maximum atomic E-state index is 12.5. The summed E-state index contributed by atoms with van der Waals surface area (Å²) in [5.41, 5.74) is 0. The van der Waals surface area contributed by atoms with Gasteiger partial charge in [-0.1, -0.05) is 6.42 Å². The van der Waals surface area contributed by atoms with Crippen molar-refractivity contribution < 1.29 is 13.2 Å². The summed E-state index contributed by atoms with van der Waals surface area (Å²) in [5.74, 6) is -0.0124. The summed E-state index contributed by atoms with van der Waals surface area (Å²) >= 11 is 0. The summed E-state index contributed by atoms with van der Waals surface area (Å²) in [5, 5.41) is 2.48. The van der Waals surface area contributed by atoms with Gasteiger partial charge in [0.05, 0.1) is 5.75 Å². The van der Waals surface area contributed by atoms with Gasteiger partial charge < -0.3 is 10.2 Å². The molecule has 116 valence electrons. The average Bonchev–Trinajstić information content (AvgIpc) is 2.45. The minimum Gasteiger partial charge on any atom is -0.342 e. The fraction of sp³-hybridized carbons (Fsp3) is 0.929. The molecule has 1 unspecified atom stereocenters. The van der Waals surface area contributed by atoms with E-state index in [2.05, 4.69) is 5.32 Å². The molecule has 6 heteroatoms. The summed E-state index contributed by atoms with van der Waals surface area (Å²) < 4.78 is 24.1. The Bertz CT molecular complexity index is 441. The molecular weight excluding hydrogens is 276 g/mol. The third kappa shape index (κ3) is 3.34. The van der Waals surface area contributed by atoms with E-state index in [0.717, 1.165) is 32.1 Å². The second kappa shape index (κ2) is 6.43. The van der Waals surface area contributed by atoms with Crippen molar-refractivity contribution in [2.24, 2.45) is 0 Å². The quantitative estimate of drug-likeness (QED) is 0.843. The molecule has 0 bridgehead atoms. The first-order valence-electron chi connectivity index (χ1n) is 7.61. The van der Waals surface area contributed by atoms with Crippen molar-refractivity contribution in [2.45, 2.75) is 62.3 Å². The van der Waals surface area contributed by atoms with Crippen LogP contribution in [0.5, 0.6) is 0 Å². The van der Waals surface area contributed by atoms with Gasteiger partial charge in [0.2, 0.25) is 5.91 Å². The summed E-state index contributed by atoms with van der Waals surface area (Å²) in [6.45, 7) is 0. The molecule has 2 aliphatic rings. The monoisotopic (exact) mass is 302 g/mol. The van der Waals surface area contributed by atoms with Crippen LogP contribution >= 0.6 is 0 Å². The van der Waals surface area contributed by atoms with Crippen LogP contribution in [0.1, 0.15) is 44.9 Å². The lowest BCUT2D eigenvalue weighted by Gasteiger charge is -2.36. The molecule has 1 aliphatic carbocycles. The van der Waals surface area contributed by atoms with Crippen molar-refractivity contribution in [3.8, 4) is 0 Å². The predicted molar refractivity (Wildman–Crippen MR) is 79.3 cm³/mol. The van der Waals surface area contributed by atoms with Crippen LogP contribution in [0, 0.1) is 0 Å². The number of carbonyl (C=O) groups is 1. The molecule has 1 N–H and O–H groups in total. The number of hydrogen-bond acceptors (Lipinski definition) is 4. The van der Waals surface area contributed by atoms with E-state index in [1.165, 1.54) is 0 Å². The largest absolute Gasteiger partial charge is 0.342 e. The highest BCUT2D eigenvalue weighted by molar-refractivity contribution is 7.92. The lowest BCUT2D eigenvalue weighted by atomic mass is 9.90. The van der Waals surface area contributed by atoms with Gasteiger partial charge >= 0.3 is 0 Å². The van der Waals surface area contributed by atoms with Crippen LogP contribution in [0.15, 0.2) is 0 Å². The number of nitrogens with one attached hydrogen (secondary N) is 1.